The minimum atomic E-state index is -0.280. The van der Waals surface area contributed by atoms with Crippen LogP contribution in [-0.2, 0) is 14.3 Å². The van der Waals surface area contributed by atoms with Gasteiger partial charge in [0.25, 0.3) is 5.91 Å². The Hall–Kier alpha value is -3.05. The van der Waals surface area contributed by atoms with Crippen LogP contribution in [0.25, 0.3) is 0 Å². The standard InChI is InChI=1S/C27H34ClN5O5S/c1-4-38-26(36)20-8-6-10-32(16-20)24(34)17-39-27-29-22(28)14-23(30-27)31-11-12-33(18(2)15-31)25(35)19-7-5-9-21(13-19)37-3/h5,7,9,13-14,18,20H,4,6,8,10-12,15-17H2,1-3H3. The second kappa shape index (κ2) is 13.3. The third kappa shape index (κ3) is 7.33. The largest absolute Gasteiger partial charge is 0.497 e. The number of methoxy groups -OCH3 is 1. The minimum Gasteiger partial charge on any atom is -0.497 e. The molecule has 1 aromatic heterocycles. The van der Waals surface area contributed by atoms with Crippen molar-refractivity contribution in [3.05, 3.63) is 41.0 Å². The summed E-state index contributed by atoms with van der Waals surface area (Å²) in [6.07, 6.45) is 1.50. The Morgan fingerprint density at radius 1 is 1.13 bits per heavy atom. The maximum atomic E-state index is 13.1. The molecule has 2 fully saturated rings. The highest BCUT2D eigenvalue weighted by Gasteiger charge is 2.31. The van der Waals surface area contributed by atoms with Crippen molar-refractivity contribution in [2.45, 2.75) is 37.9 Å². The van der Waals surface area contributed by atoms with Crippen LogP contribution in [0.3, 0.4) is 0 Å². The lowest BCUT2D eigenvalue weighted by Crippen LogP contribution is -2.54. The van der Waals surface area contributed by atoms with E-state index in [1.54, 1.807) is 37.1 Å². The molecule has 2 aliphatic heterocycles. The first-order valence-corrected chi connectivity index (χ1v) is 14.5. The van der Waals surface area contributed by atoms with Crippen LogP contribution in [0.4, 0.5) is 5.82 Å². The van der Waals surface area contributed by atoms with Gasteiger partial charge in [0.2, 0.25) is 5.91 Å². The average molecular weight is 576 g/mol. The molecule has 2 saturated heterocycles. The molecule has 2 aromatic rings. The van der Waals surface area contributed by atoms with Crippen molar-refractivity contribution in [1.82, 2.24) is 19.8 Å². The molecule has 1 aromatic carbocycles. The molecule has 12 heteroatoms. The van der Waals surface area contributed by atoms with Crippen LogP contribution in [0.15, 0.2) is 35.5 Å². The van der Waals surface area contributed by atoms with E-state index < -0.39 is 0 Å². The fourth-order valence-corrected chi connectivity index (χ4v) is 5.86. The first-order chi connectivity index (χ1) is 18.8. The van der Waals surface area contributed by atoms with E-state index >= 15 is 0 Å². The molecule has 210 valence electrons. The number of carbonyl (C=O) groups is 3. The predicted molar refractivity (Wildman–Crippen MR) is 149 cm³/mol. The van der Waals surface area contributed by atoms with Crippen LogP contribution < -0.4 is 9.64 Å². The number of likely N-dealkylation sites (tertiary alicyclic amines) is 1. The van der Waals surface area contributed by atoms with Gasteiger partial charge in [-0.1, -0.05) is 29.4 Å². The van der Waals surface area contributed by atoms with Crippen LogP contribution >= 0.6 is 23.4 Å². The first kappa shape index (κ1) is 28.9. The molecule has 2 unspecified atom stereocenters. The number of thioether (sulfide) groups is 1. The van der Waals surface area contributed by atoms with Crippen LogP contribution in [0.5, 0.6) is 5.75 Å². The molecule has 3 heterocycles. The summed E-state index contributed by atoms with van der Waals surface area (Å²) < 4.78 is 10.4. The zero-order valence-corrected chi connectivity index (χ0v) is 24.0. The van der Waals surface area contributed by atoms with Crippen molar-refractivity contribution in [2.24, 2.45) is 5.92 Å². The molecule has 0 saturated carbocycles. The van der Waals surface area contributed by atoms with E-state index in [9.17, 15) is 14.4 Å². The lowest BCUT2D eigenvalue weighted by atomic mass is 9.98. The van der Waals surface area contributed by atoms with Gasteiger partial charge in [-0.2, -0.15) is 0 Å². The van der Waals surface area contributed by atoms with Crippen molar-refractivity contribution in [3.63, 3.8) is 0 Å². The van der Waals surface area contributed by atoms with Crippen LogP contribution in [-0.4, -0.2) is 95.8 Å². The van der Waals surface area contributed by atoms with Gasteiger partial charge in [0, 0.05) is 50.4 Å². The summed E-state index contributed by atoms with van der Waals surface area (Å²) in [5.74, 6) is 0.810. The second-order valence-electron chi connectivity index (χ2n) is 9.58. The van der Waals surface area contributed by atoms with Gasteiger partial charge in [0.15, 0.2) is 5.16 Å². The fourth-order valence-electron chi connectivity index (χ4n) is 4.88. The van der Waals surface area contributed by atoms with Crippen molar-refractivity contribution in [2.75, 3.05) is 57.1 Å². The normalized spacial score (nSPS) is 19.5. The summed E-state index contributed by atoms with van der Waals surface area (Å²) in [7, 11) is 1.58. The highest BCUT2D eigenvalue weighted by atomic mass is 35.5. The molecule has 0 N–H and O–H groups in total. The van der Waals surface area contributed by atoms with Gasteiger partial charge in [-0.05, 0) is 44.9 Å². The number of nitrogens with zero attached hydrogens (tertiary/aromatic N) is 5. The number of anilines is 1. The SMILES string of the molecule is CCOC(=O)C1CCCN(C(=O)CSc2nc(Cl)cc(N3CCN(C(=O)c4cccc(OC)c4)C(C)C3)n2)C1. The Kier molecular flexibility index (Phi) is 9.90. The Labute approximate surface area is 238 Å². The van der Waals surface area contributed by atoms with Gasteiger partial charge >= 0.3 is 5.97 Å². The zero-order chi connectivity index (χ0) is 27.9. The molecule has 4 rings (SSSR count). The number of carbonyl (C=O) groups excluding carboxylic acids is 3. The van der Waals surface area contributed by atoms with Crippen molar-refractivity contribution >= 4 is 47.0 Å². The third-order valence-corrected chi connectivity index (χ3v) is 7.93. The monoisotopic (exact) mass is 575 g/mol. The van der Waals surface area contributed by atoms with Crippen LogP contribution in [0.2, 0.25) is 5.15 Å². The number of ether oxygens (including phenoxy) is 2. The summed E-state index contributed by atoms with van der Waals surface area (Å²) in [5.41, 5.74) is 0.588. The number of hydrogen-bond donors (Lipinski definition) is 0. The van der Waals surface area contributed by atoms with E-state index in [-0.39, 0.29) is 40.6 Å². The third-order valence-electron chi connectivity index (χ3n) is 6.91. The van der Waals surface area contributed by atoms with Crippen molar-refractivity contribution < 1.29 is 23.9 Å². The fraction of sp³-hybridized carbons (Fsp3) is 0.519. The van der Waals surface area contributed by atoms with E-state index in [2.05, 4.69) is 14.9 Å². The number of rotatable bonds is 8. The van der Waals surface area contributed by atoms with E-state index in [4.69, 9.17) is 21.1 Å². The number of hydrogen-bond acceptors (Lipinski definition) is 9. The van der Waals surface area contributed by atoms with Crippen LogP contribution in [0.1, 0.15) is 37.0 Å². The quantitative estimate of drug-likeness (QED) is 0.203. The topological polar surface area (TPSA) is 105 Å². The molecule has 0 aliphatic carbocycles. The van der Waals surface area contributed by atoms with Crippen molar-refractivity contribution in [1.29, 1.82) is 0 Å². The Morgan fingerprint density at radius 2 is 1.95 bits per heavy atom. The predicted octanol–water partition coefficient (Wildman–Crippen LogP) is 3.38. The first-order valence-electron chi connectivity index (χ1n) is 13.1. The molecular weight excluding hydrogens is 542 g/mol. The van der Waals surface area contributed by atoms with E-state index in [0.717, 1.165) is 12.8 Å². The molecule has 0 spiro atoms. The lowest BCUT2D eigenvalue weighted by molar-refractivity contribution is -0.151. The molecule has 10 nitrogen and oxygen atoms in total. The molecule has 39 heavy (non-hydrogen) atoms. The Bertz CT molecular complexity index is 1200. The lowest BCUT2D eigenvalue weighted by Gasteiger charge is -2.40. The van der Waals surface area contributed by atoms with E-state index in [1.807, 2.05) is 24.0 Å². The maximum absolute atomic E-state index is 13.1. The summed E-state index contributed by atoms with van der Waals surface area (Å²) in [5, 5.41) is 0.699. The van der Waals surface area contributed by atoms with Crippen molar-refractivity contribution in [3.8, 4) is 5.75 Å². The summed E-state index contributed by atoms with van der Waals surface area (Å²) in [4.78, 5) is 52.7. The summed E-state index contributed by atoms with van der Waals surface area (Å²) >= 11 is 7.55. The van der Waals surface area contributed by atoms with E-state index in [0.29, 0.717) is 61.6 Å². The number of amides is 2. The average Bonchev–Trinajstić information content (AvgIpc) is 2.95. The van der Waals surface area contributed by atoms with Crippen LogP contribution in [0, 0.1) is 5.92 Å². The number of piperazine rings is 1. The second-order valence-corrected chi connectivity index (χ2v) is 10.9. The molecule has 2 amide bonds. The highest BCUT2D eigenvalue weighted by molar-refractivity contribution is 7.99. The molecule has 2 atom stereocenters. The van der Waals surface area contributed by atoms with Gasteiger partial charge in [-0.3, -0.25) is 14.4 Å². The number of piperidine rings is 1. The number of benzene rings is 1. The number of esters is 1. The van der Waals surface area contributed by atoms with Gasteiger partial charge in [0.1, 0.15) is 16.7 Å². The number of halogens is 1. The summed E-state index contributed by atoms with van der Waals surface area (Å²) in [6, 6.07) is 8.80. The molecule has 0 bridgehead atoms. The zero-order valence-electron chi connectivity index (χ0n) is 22.5. The van der Waals surface area contributed by atoms with Gasteiger partial charge in [-0.25, -0.2) is 9.97 Å². The van der Waals surface area contributed by atoms with E-state index in [1.165, 1.54) is 11.8 Å². The Balaban J connectivity index is 1.35. The minimum absolute atomic E-state index is 0.0422. The van der Waals surface area contributed by atoms with Gasteiger partial charge in [-0.15, -0.1) is 0 Å². The smallest absolute Gasteiger partial charge is 0.310 e. The Morgan fingerprint density at radius 3 is 2.69 bits per heavy atom. The molecular formula is C27H34ClN5O5S. The maximum Gasteiger partial charge on any atom is 0.310 e. The molecule has 2 aliphatic rings. The number of aromatic nitrogens is 2. The summed E-state index contributed by atoms with van der Waals surface area (Å²) in [6.45, 7) is 6.79. The van der Waals surface area contributed by atoms with Gasteiger partial charge < -0.3 is 24.2 Å². The highest BCUT2D eigenvalue weighted by Crippen LogP contribution is 2.26. The molecule has 0 radical (unpaired) electrons. The van der Waals surface area contributed by atoms with Gasteiger partial charge in [0.05, 0.1) is 25.4 Å².